The molecule has 0 atom stereocenters. The predicted octanol–water partition coefficient (Wildman–Crippen LogP) is 5.09. The van der Waals surface area contributed by atoms with Crippen molar-refractivity contribution >= 4 is 17.7 Å². The Morgan fingerprint density at radius 2 is 1.66 bits per heavy atom. The molecule has 6 nitrogen and oxygen atoms in total. The van der Waals surface area contributed by atoms with E-state index in [4.69, 9.17) is 9.84 Å². The molecule has 4 aromatic rings. The second-order valence-corrected chi connectivity index (χ2v) is 6.93. The van der Waals surface area contributed by atoms with E-state index in [9.17, 15) is 10.1 Å². The molecule has 156 valence electrons. The van der Waals surface area contributed by atoms with Crippen molar-refractivity contribution in [2.24, 2.45) is 0 Å². The summed E-state index contributed by atoms with van der Waals surface area (Å²) in [4.78, 5) is 12.8. The lowest BCUT2D eigenvalue weighted by Gasteiger charge is -2.05. The molecule has 1 heterocycles. The van der Waals surface area contributed by atoms with Gasteiger partial charge in [-0.05, 0) is 42.5 Å². The average Bonchev–Trinajstić information content (AvgIpc) is 3.28. The van der Waals surface area contributed by atoms with E-state index in [0.717, 1.165) is 11.3 Å². The van der Waals surface area contributed by atoms with Crippen molar-refractivity contribution in [2.75, 3.05) is 12.4 Å². The van der Waals surface area contributed by atoms with Crippen LogP contribution in [0.25, 0.3) is 23.0 Å². The van der Waals surface area contributed by atoms with E-state index >= 15 is 0 Å². The summed E-state index contributed by atoms with van der Waals surface area (Å²) >= 11 is 0. The minimum atomic E-state index is -0.496. The number of carbonyl (C=O) groups is 1. The van der Waals surface area contributed by atoms with Gasteiger partial charge in [0.05, 0.1) is 18.5 Å². The molecule has 4 rings (SSSR count). The van der Waals surface area contributed by atoms with Crippen LogP contribution in [0.4, 0.5) is 5.69 Å². The summed E-state index contributed by atoms with van der Waals surface area (Å²) in [5.74, 6) is 0.184. The molecule has 3 aromatic carbocycles. The molecule has 32 heavy (non-hydrogen) atoms. The summed E-state index contributed by atoms with van der Waals surface area (Å²) < 4.78 is 6.87. The Morgan fingerprint density at radius 3 is 2.28 bits per heavy atom. The fourth-order valence-electron chi connectivity index (χ4n) is 3.20. The average molecular weight is 420 g/mol. The second kappa shape index (κ2) is 9.45. The zero-order chi connectivity index (χ0) is 22.3. The minimum absolute atomic E-state index is 0.0226. The van der Waals surface area contributed by atoms with Gasteiger partial charge in [0, 0.05) is 23.0 Å². The summed E-state index contributed by atoms with van der Waals surface area (Å²) in [6, 6.07) is 28.3. The number of amides is 1. The Hall–Kier alpha value is -4.63. The summed E-state index contributed by atoms with van der Waals surface area (Å²) in [6.45, 7) is 0. The number of aromatic nitrogens is 2. The summed E-state index contributed by atoms with van der Waals surface area (Å²) in [5.41, 5.74) is 3.67. The van der Waals surface area contributed by atoms with Crippen molar-refractivity contribution in [1.29, 1.82) is 5.26 Å². The largest absolute Gasteiger partial charge is 0.497 e. The Labute approximate surface area is 186 Å². The van der Waals surface area contributed by atoms with Gasteiger partial charge < -0.3 is 10.1 Å². The number of carbonyl (C=O) groups excluding carboxylic acids is 1. The Morgan fingerprint density at radius 1 is 1.00 bits per heavy atom. The smallest absolute Gasteiger partial charge is 0.266 e. The molecule has 0 aliphatic rings. The Kier molecular flexibility index (Phi) is 6.10. The molecule has 0 aliphatic carbocycles. The Balaban J connectivity index is 1.70. The molecule has 0 saturated heterocycles. The quantitative estimate of drug-likeness (QED) is 0.348. The van der Waals surface area contributed by atoms with E-state index in [1.165, 1.54) is 0 Å². The van der Waals surface area contributed by atoms with Crippen LogP contribution in [0.15, 0.2) is 96.7 Å². The Bertz CT molecular complexity index is 1290. The van der Waals surface area contributed by atoms with Gasteiger partial charge in [-0.25, -0.2) is 4.68 Å². The van der Waals surface area contributed by atoms with Gasteiger partial charge in [0.25, 0.3) is 5.91 Å². The molecule has 0 aliphatic heterocycles. The van der Waals surface area contributed by atoms with Crippen LogP contribution in [-0.4, -0.2) is 22.8 Å². The van der Waals surface area contributed by atoms with Gasteiger partial charge in [-0.2, -0.15) is 10.4 Å². The monoisotopic (exact) mass is 420 g/mol. The van der Waals surface area contributed by atoms with Crippen molar-refractivity contribution in [3.63, 3.8) is 0 Å². The van der Waals surface area contributed by atoms with E-state index in [-0.39, 0.29) is 5.57 Å². The number of ether oxygens (including phenoxy) is 1. The highest BCUT2D eigenvalue weighted by Gasteiger charge is 2.15. The van der Waals surface area contributed by atoms with Crippen LogP contribution in [0.5, 0.6) is 5.75 Å². The van der Waals surface area contributed by atoms with E-state index in [2.05, 4.69) is 5.32 Å². The first kappa shape index (κ1) is 20.6. The molecule has 0 fully saturated rings. The number of nitrogens with one attached hydrogen (secondary N) is 1. The lowest BCUT2D eigenvalue weighted by Crippen LogP contribution is -2.13. The van der Waals surface area contributed by atoms with Crippen LogP contribution in [-0.2, 0) is 4.79 Å². The first-order chi connectivity index (χ1) is 15.7. The van der Waals surface area contributed by atoms with Gasteiger partial charge in [-0.3, -0.25) is 4.79 Å². The predicted molar refractivity (Wildman–Crippen MR) is 124 cm³/mol. The van der Waals surface area contributed by atoms with E-state index < -0.39 is 5.91 Å². The molecule has 6 heteroatoms. The maximum atomic E-state index is 12.8. The van der Waals surface area contributed by atoms with Crippen LogP contribution in [0.2, 0.25) is 0 Å². The number of para-hydroxylation sites is 1. The number of nitriles is 1. The third-order valence-corrected chi connectivity index (χ3v) is 4.82. The van der Waals surface area contributed by atoms with Crippen molar-refractivity contribution in [1.82, 2.24) is 9.78 Å². The molecular weight excluding hydrogens is 400 g/mol. The number of benzene rings is 3. The lowest BCUT2D eigenvalue weighted by atomic mass is 10.1. The van der Waals surface area contributed by atoms with Crippen LogP contribution in [0, 0.1) is 11.3 Å². The fraction of sp³-hybridized carbons (Fsp3) is 0.0385. The fourth-order valence-corrected chi connectivity index (χ4v) is 3.20. The SMILES string of the molecule is COc1ccc(NC(=O)C(C#N)=Cc2cn(-c3ccccc3)nc2-c2ccccc2)cc1. The van der Waals surface area contributed by atoms with Gasteiger partial charge in [-0.1, -0.05) is 48.5 Å². The highest BCUT2D eigenvalue weighted by Crippen LogP contribution is 2.26. The zero-order valence-electron chi connectivity index (χ0n) is 17.4. The van der Waals surface area contributed by atoms with Gasteiger partial charge in [0.15, 0.2) is 0 Å². The van der Waals surface area contributed by atoms with E-state index in [1.807, 2.05) is 72.9 Å². The standard InChI is InChI=1S/C26H20N4O2/c1-32-24-14-12-22(13-15-24)28-26(31)20(17-27)16-21-18-30(23-10-6-3-7-11-23)29-25(21)19-8-4-2-5-9-19/h2-16,18H,1H3,(H,28,31). The molecule has 1 amide bonds. The van der Waals surface area contributed by atoms with Gasteiger partial charge >= 0.3 is 0 Å². The minimum Gasteiger partial charge on any atom is -0.497 e. The van der Waals surface area contributed by atoms with Crippen LogP contribution in [0.3, 0.4) is 0 Å². The van der Waals surface area contributed by atoms with Crippen LogP contribution >= 0.6 is 0 Å². The molecule has 0 unspecified atom stereocenters. The topological polar surface area (TPSA) is 79.9 Å². The van der Waals surface area contributed by atoms with Crippen molar-refractivity contribution in [3.8, 4) is 28.8 Å². The maximum Gasteiger partial charge on any atom is 0.266 e. The number of hydrogen-bond acceptors (Lipinski definition) is 4. The number of methoxy groups -OCH3 is 1. The molecule has 1 N–H and O–H groups in total. The summed E-state index contributed by atoms with van der Waals surface area (Å²) in [5, 5.41) is 17.1. The van der Waals surface area contributed by atoms with Gasteiger partial charge in [0.1, 0.15) is 17.4 Å². The third-order valence-electron chi connectivity index (χ3n) is 4.82. The molecule has 1 aromatic heterocycles. The highest BCUT2D eigenvalue weighted by molar-refractivity contribution is 6.10. The summed E-state index contributed by atoms with van der Waals surface area (Å²) in [7, 11) is 1.57. The maximum absolute atomic E-state index is 12.8. The molecule has 0 bridgehead atoms. The lowest BCUT2D eigenvalue weighted by molar-refractivity contribution is -0.112. The van der Waals surface area contributed by atoms with E-state index in [0.29, 0.717) is 22.7 Å². The van der Waals surface area contributed by atoms with E-state index in [1.54, 1.807) is 42.1 Å². The first-order valence-corrected chi connectivity index (χ1v) is 9.95. The number of nitrogens with zero attached hydrogens (tertiary/aromatic N) is 3. The first-order valence-electron chi connectivity index (χ1n) is 9.95. The zero-order valence-corrected chi connectivity index (χ0v) is 17.4. The van der Waals surface area contributed by atoms with Crippen LogP contribution in [0.1, 0.15) is 5.56 Å². The molecule has 0 radical (unpaired) electrons. The number of anilines is 1. The number of hydrogen-bond donors (Lipinski definition) is 1. The normalized spacial score (nSPS) is 10.9. The number of rotatable bonds is 6. The third kappa shape index (κ3) is 4.58. The van der Waals surface area contributed by atoms with Crippen molar-refractivity contribution in [3.05, 3.63) is 102 Å². The van der Waals surface area contributed by atoms with Crippen molar-refractivity contribution < 1.29 is 9.53 Å². The van der Waals surface area contributed by atoms with Gasteiger partial charge in [0.2, 0.25) is 0 Å². The second-order valence-electron chi connectivity index (χ2n) is 6.93. The molecule has 0 spiro atoms. The molecular formula is C26H20N4O2. The van der Waals surface area contributed by atoms with Gasteiger partial charge in [-0.15, -0.1) is 0 Å². The summed E-state index contributed by atoms with van der Waals surface area (Å²) in [6.07, 6.45) is 3.38. The van der Waals surface area contributed by atoms with Crippen LogP contribution < -0.4 is 10.1 Å². The highest BCUT2D eigenvalue weighted by atomic mass is 16.5. The molecule has 0 saturated carbocycles. The van der Waals surface area contributed by atoms with Crippen molar-refractivity contribution in [2.45, 2.75) is 0 Å².